The van der Waals surface area contributed by atoms with Gasteiger partial charge in [-0.2, -0.15) is 0 Å². The van der Waals surface area contributed by atoms with Crippen LogP contribution in [0.1, 0.15) is 12.0 Å². The van der Waals surface area contributed by atoms with E-state index in [0.29, 0.717) is 44.7 Å². The Kier molecular flexibility index (Phi) is 7.06. The summed E-state index contributed by atoms with van der Waals surface area (Å²) in [6.45, 7) is 2.38. The van der Waals surface area contributed by atoms with Gasteiger partial charge in [-0.1, -0.05) is 18.2 Å². The van der Waals surface area contributed by atoms with Gasteiger partial charge in [-0.15, -0.1) is 13.2 Å². The number of aryl methyl sites for hydroxylation is 1. The summed E-state index contributed by atoms with van der Waals surface area (Å²) in [5.74, 6) is -0.532. The summed E-state index contributed by atoms with van der Waals surface area (Å²) in [6, 6.07) is 13.0. The third kappa shape index (κ3) is 6.28. The number of benzene rings is 2. The van der Waals surface area contributed by atoms with Crippen LogP contribution in [-0.4, -0.2) is 65.7 Å². The van der Waals surface area contributed by atoms with E-state index in [1.54, 1.807) is 0 Å². The van der Waals surface area contributed by atoms with Gasteiger partial charge >= 0.3 is 6.36 Å². The number of aromatic nitrogens is 1. The number of hydrogen-bond donors (Lipinski definition) is 2. The molecule has 4 rings (SSSR count). The van der Waals surface area contributed by atoms with E-state index in [2.05, 4.69) is 15.0 Å². The molecule has 10 heteroatoms. The summed E-state index contributed by atoms with van der Waals surface area (Å²) in [6.07, 6.45) is -1.72. The Morgan fingerprint density at radius 2 is 1.71 bits per heavy atom. The van der Waals surface area contributed by atoms with E-state index in [0.717, 1.165) is 28.6 Å². The Labute approximate surface area is 194 Å². The van der Waals surface area contributed by atoms with Gasteiger partial charge in [-0.3, -0.25) is 14.5 Å². The summed E-state index contributed by atoms with van der Waals surface area (Å²) >= 11 is 0. The average Bonchev–Trinajstić information content (AvgIpc) is 3.21. The number of hydrogen-bond acceptors (Lipinski definition) is 4. The molecule has 1 aliphatic rings. The Hall–Kier alpha value is -3.53. The van der Waals surface area contributed by atoms with Gasteiger partial charge in [-0.25, -0.2) is 0 Å². The lowest BCUT2D eigenvalue weighted by Gasteiger charge is -2.34. The van der Waals surface area contributed by atoms with Crippen molar-refractivity contribution < 1.29 is 27.5 Å². The molecule has 3 aromatic rings. The van der Waals surface area contributed by atoms with Gasteiger partial charge in [0, 0.05) is 55.4 Å². The fraction of sp³-hybridized carbons (Fsp3) is 0.333. The first-order valence-electron chi connectivity index (χ1n) is 11.0. The molecule has 0 spiro atoms. The van der Waals surface area contributed by atoms with Crippen molar-refractivity contribution in [1.29, 1.82) is 0 Å². The van der Waals surface area contributed by atoms with Crippen molar-refractivity contribution in [2.75, 3.05) is 38.0 Å². The molecule has 1 aromatic heterocycles. The second kappa shape index (κ2) is 10.2. The monoisotopic (exact) mass is 474 g/mol. The van der Waals surface area contributed by atoms with Crippen molar-refractivity contribution in [1.82, 2.24) is 14.8 Å². The molecule has 1 saturated heterocycles. The molecule has 0 atom stereocenters. The number of anilines is 1. The van der Waals surface area contributed by atoms with Crippen LogP contribution in [0.5, 0.6) is 5.75 Å². The molecule has 0 unspecified atom stereocenters. The van der Waals surface area contributed by atoms with Crippen LogP contribution in [0.25, 0.3) is 10.9 Å². The van der Waals surface area contributed by atoms with Crippen LogP contribution in [0.2, 0.25) is 0 Å². The van der Waals surface area contributed by atoms with E-state index < -0.39 is 6.36 Å². The number of piperazine rings is 1. The minimum absolute atomic E-state index is 0.0931. The Balaban J connectivity index is 1.19. The molecule has 2 amide bonds. The molecule has 0 radical (unpaired) electrons. The van der Waals surface area contributed by atoms with Gasteiger partial charge in [-0.05, 0) is 42.3 Å². The molecule has 180 valence electrons. The maximum Gasteiger partial charge on any atom is 0.573 e. The average molecular weight is 474 g/mol. The Morgan fingerprint density at radius 1 is 1.00 bits per heavy atom. The molecule has 2 aromatic carbocycles. The van der Waals surface area contributed by atoms with Crippen LogP contribution in [0.4, 0.5) is 18.9 Å². The van der Waals surface area contributed by atoms with Crippen molar-refractivity contribution in [3.8, 4) is 5.75 Å². The number of alkyl halides is 3. The van der Waals surface area contributed by atoms with Gasteiger partial charge in [0.2, 0.25) is 11.8 Å². The predicted octanol–water partition coefficient (Wildman–Crippen LogP) is 3.78. The number of rotatable bonds is 7. The lowest BCUT2D eigenvalue weighted by atomic mass is 10.1. The van der Waals surface area contributed by atoms with Crippen LogP contribution >= 0.6 is 0 Å². The third-order valence-corrected chi connectivity index (χ3v) is 5.75. The van der Waals surface area contributed by atoms with Gasteiger partial charge in [0.15, 0.2) is 0 Å². The standard InChI is InChI=1S/C24H25F3N4O3/c25-24(26,27)34-19-8-6-18(7-9-19)29-22(32)16-30-11-13-31(14-12-30)23(33)10-5-17-15-28-21-4-2-1-3-20(17)21/h1-4,6-9,15,28H,5,10-14,16H2,(H,29,32). The lowest BCUT2D eigenvalue weighted by Crippen LogP contribution is -2.50. The van der Waals surface area contributed by atoms with Crippen LogP contribution in [-0.2, 0) is 16.0 Å². The smallest absolute Gasteiger partial charge is 0.406 e. The highest BCUT2D eigenvalue weighted by Crippen LogP contribution is 2.24. The molecule has 1 fully saturated rings. The highest BCUT2D eigenvalue weighted by molar-refractivity contribution is 5.92. The second-order valence-corrected chi connectivity index (χ2v) is 8.14. The van der Waals surface area contributed by atoms with Gasteiger partial charge in [0.25, 0.3) is 0 Å². The van der Waals surface area contributed by atoms with Crippen molar-refractivity contribution >= 4 is 28.4 Å². The largest absolute Gasteiger partial charge is 0.573 e. The molecule has 1 aliphatic heterocycles. The third-order valence-electron chi connectivity index (χ3n) is 5.75. The zero-order valence-electron chi connectivity index (χ0n) is 18.4. The fourth-order valence-corrected chi connectivity index (χ4v) is 4.04. The van der Waals surface area contributed by atoms with Crippen LogP contribution in [0.3, 0.4) is 0 Å². The van der Waals surface area contributed by atoms with Crippen LogP contribution < -0.4 is 10.1 Å². The molecule has 0 saturated carbocycles. The first-order chi connectivity index (χ1) is 16.3. The maximum absolute atomic E-state index is 12.7. The maximum atomic E-state index is 12.7. The van der Waals surface area contributed by atoms with Gasteiger partial charge in [0.1, 0.15) is 5.75 Å². The quantitative estimate of drug-likeness (QED) is 0.547. The lowest BCUT2D eigenvalue weighted by molar-refractivity contribution is -0.274. The molecule has 2 heterocycles. The topological polar surface area (TPSA) is 77.7 Å². The van der Waals surface area contributed by atoms with E-state index in [1.807, 2.05) is 40.3 Å². The molecule has 0 aliphatic carbocycles. The summed E-state index contributed by atoms with van der Waals surface area (Å²) in [7, 11) is 0. The molecule has 0 bridgehead atoms. The molecular formula is C24H25F3N4O3. The summed E-state index contributed by atoms with van der Waals surface area (Å²) in [5.41, 5.74) is 2.56. The van der Waals surface area contributed by atoms with Crippen LogP contribution in [0, 0.1) is 0 Å². The van der Waals surface area contributed by atoms with Gasteiger partial charge in [0.05, 0.1) is 6.54 Å². The highest BCUT2D eigenvalue weighted by Gasteiger charge is 2.31. The van der Waals surface area contributed by atoms with Crippen molar-refractivity contribution in [2.45, 2.75) is 19.2 Å². The zero-order chi connectivity index (χ0) is 24.1. The number of nitrogens with zero attached hydrogens (tertiary/aromatic N) is 2. The van der Waals surface area contributed by atoms with E-state index in [-0.39, 0.29) is 24.1 Å². The van der Waals surface area contributed by atoms with Crippen LogP contribution in [0.15, 0.2) is 54.7 Å². The number of amides is 2. The number of carbonyl (C=O) groups excluding carboxylic acids is 2. The van der Waals surface area contributed by atoms with Crippen molar-refractivity contribution in [3.05, 3.63) is 60.3 Å². The Morgan fingerprint density at radius 3 is 2.41 bits per heavy atom. The first kappa shape index (κ1) is 23.6. The minimum atomic E-state index is -4.76. The highest BCUT2D eigenvalue weighted by atomic mass is 19.4. The zero-order valence-corrected chi connectivity index (χ0v) is 18.4. The Bertz CT molecular complexity index is 1140. The molecule has 34 heavy (non-hydrogen) atoms. The number of carbonyl (C=O) groups is 2. The summed E-state index contributed by atoms with van der Waals surface area (Å²) < 4.78 is 40.5. The molecule has 7 nitrogen and oxygen atoms in total. The SMILES string of the molecule is O=C(CN1CCN(C(=O)CCc2c[nH]c3ccccc23)CC1)Nc1ccc(OC(F)(F)F)cc1. The predicted molar refractivity (Wildman–Crippen MR) is 121 cm³/mol. The number of nitrogens with one attached hydrogen (secondary N) is 2. The molecular weight excluding hydrogens is 449 g/mol. The molecule has 2 N–H and O–H groups in total. The van der Waals surface area contributed by atoms with Gasteiger partial charge < -0.3 is 19.9 Å². The minimum Gasteiger partial charge on any atom is -0.406 e. The van der Waals surface area contributed by atoms with E-state index in [1.165, 1.54) is 12.1 Å². The number of para-hydroxylation sites is 1. The van der Waals surface area contributed by atoms with E-state index in [9.17, 15) is 22.8 Å². The number of ether oxygens (including phenoxy) is 1. The fourth-order valence-electron chi connectivity index (χ4n) is 4.04. The number of aromatic amines is 1. The number of fused-ring (bicyclic) bond motifs is 1. The number of H-pyrrole nitrogens is 1. The van der Waals surface area contributed by atoms with E-state index >= 15 is 0 Å². The summed E-state index contributed by atoms with van der Waals surface area (Å²) in [5, 5.41) is 3.80. The normalized spacial score (nSPS) is 14.9. The second-order valence-electron chi connectivity index (χ2n) is 8.14. The van der Waals surface area contributed by atoms with Crippen molar-refractivity contribution in [2.24, 2.45) is 0 Å². The number of halogens is 3. The summed E-state index contributed by atoms with van der Waals surface area (Å²) in [4.78, 5) is 31.9. The van der Waals surface area contributed by atoms with Crippen molar-refractivity contribution in [3.63, 3.8) is 0 Å². The van der Waals surface area contributed by atoms with E-state index in [4.69, 9.17) is 0 Å². The first-order valence-corrected chi connectivity index (χ1v) is 11.0.